The highest BCUT2D eigenvalue weighted by atomic mass is 16.2. The first-order valence-electron chi connectivity index (χ1n) is 11.3. The van der Waals surface area contributed by atoms with Crippen molar-refractivity contribution >= 4 is 28.5 Å². The number of nitrogens with two attached hydrogens (primary N) is 1. The summed E-state index contributed by atoms with van der Waals surface area (Å²) in [4.78, 5) is 31.6. The molecule has 2 N–H and O–H groups in total. The van der Waals surface area contributed by atoms with Gasteiger partial charge in [0.1, 0.15) is 5.82 Å². The number of carbonyl (C=O) groups excluding carboxylic acids is 2. The number of rotatable bonds is 5. The molecule has 2 aromatic heterocycles. The van der Waals surface area contributed by atoms with Crippen molar-refractivity contribution in [2.24, 2.45) is 11.7 Å². The van der Waals surface area contributed by atoms with E-state index in [1.54, 1.807) is 47.3 Å². The molecule has 3 heterocycles. The Bertz CT molecular complexity index is 1290. The van der Waals surface area contributed by atoms with Crippen molar-refractivity contribution < 1.29 is 9.59 Å². The summed E-state index contributed by atoms with van der Waals surface area (Å²) < 4.78 is 1.76. The van der Waals surface area contributed by atoms with Gasteiger partial charge in [0, 0.05) is 42.0 Å². The number of piperidine rings is 1. The highest BCUT2D eigenvalue weighted by Gasteiger charge is 2.25. The van der Waals surface area contributed by atoms with Crippen LogP contribution < -0.4 is 10.6 Å². The van der Waals surface area contributed by atoms with Gasteiger partial charge in [-0.2, -0.15) is 0 Å². The molecule has 1 amide bonds. The summed E-state index contributed by atoms with van der Waals surface area (Å²) in [6.45, 7) is 1.75. The van der Waals surface area contributed by atoms with Crippen molar-refractivity contribution in [2.75, 3.05) is 18.0 Å². The Morgan fingerprint density at radius 1 is 0.909 bits per heavy atom. The first kappa shape index (κ1) is 20.9. The number of benzene rings is 2. The van der Waals surface area contributed by atoms with Crippen molar-refractivity contribution in [3.8, 4) is 0 Å². The summed E-state index contributed by atoms with van der Waals surface area (Å²) in [7, 11) is 0. The van der Waals surface area contributed by atoms with Gasteiger partial charge in [-0.15, -0.1) is 0 Å². The third-order valence-electron chi connectivity index (χ3n) is 6.50. The quantitative estimate of drug-likeness (QED) is 0.504. The topological polar surface area (TPSA) is 81.2 Å². The molecular formula is C27H26N4O2. The number of amides is 1. The van der Waals surface area contributed by atoms with Crippen LogP contribution in [0.4, 0.5) is 5.82 Å². The fourth-order valence-electron chi connectivity index (χ4n) is 4.74. The third kappa shape index (κ3) is 4.24. The van der Waals surface area contributed by atoms with Gasteiger partial charge in [-0.1, -0.05) is 30.3 Å². The van der Waals surface area contributed by atoms with Crippen LogP contribution in [0.15, 0.2) is 79.1 Å². The Morgan fingerprint density at radius 2 is 1.64 bits per heavy atom. The van der Waals surface area contributed by atoms with Crippen LogP contribution in [0.1, 0.15) is 39.1 Å². The van der Waals surface area contributed by atoms with Crippen LogP contribution in [0.3, 0.4) is 0 Å². The summed E-state index contributed by atoms with van der Waals surface area (Å²) in [6, 6.07) is 21.3. The van der Waals surface area contributed by atoms with E-state index in [-0.39, 0.29) is 5.91 Å². The second kappa shape index (κ2) is 8.90. The number of pyridine rings is 1. The van der Waals surface area contributed by atoms with E-state index < -0.39 is 5.91 Å². The van der Waals surface area contributed by atoms with E-state index in [0.29, 0.717) is 17.0 Å². The smallest absolute Gasteiger partial charge is 0.264 e. The van der Waals surface area contributed by atoms with E-state index in [9.17, 15) is 9.59 Å². The second-order valence-electron chi connectivity index (χ2n) is 8.64. The van der Waals surface area contributed by atoms with Crippen molar-refractivity contribution in [3.05, 3.63) is 95.8 Å². The molecule has 0 atom stereocenters. The molecule has 0 saturated carbocycles. The van der Waals surface area contributed by atoms with Gasteiger partial charge in [0.2, 0.25) is 5.91 Å². The Labute approximate surface area is 192 Å². The van der Waals surface area contributed by atoms with Gasteiger partial charge in [-0.05, 0) is 67.1 Å². The molecular weight excluding hydrogens is 412 g/mol. The molecule has 0 radical (unpaired) electrons. The fourth-order valence-corrected chi connectivity index (χ4v) is 4.74. The summed E-state index contributed by atoms with van der Waals surface area (Å²) in [5, 5.41) is 0.829. The van der Waals surface area contributed by atoms with Gasteiger partial charge in [0.15, 0.2) is 0 Å². The van der Waals surface area contributed by atoms with E-state index >= 15 is 0 Å². The molecule has 5 rings (SSSR count). The maximum Gasteiger partial charge on any atom is 0.264 e. The van der Waals surface area contributed by atoms with Gasteiger partial charge in [-0.3, -0.25) is 19.1 Å². The molecule has 0 spiro atoms. The molecule has 1 aliphatic heterocycles. The lowest BCUT2D eigenvalue weighted by atomic mass is 9.90. The van der Waals surface area contributed by atoms with E-state index in [0.717, 1.165) is 49.1 Å². The van der Waals surface area contributed by atoms with Crippen LogP contribution in [0.5, 0.6) is 0 Å². The summed E-state index contributed by atoms with van der Waals surface area (Å²) >= 11 is 0. The van der Waals surface area contributed by atoms with Gasteiger partial charge >= 0.3 is 0 Å². The van der Waals surface area contributed by atoms with Crippen LogP contribution >= 0.6 is 0 Å². The number of carbonyl (C=O) groups is 2. The standard InChI is InChI=1S/C27H26N4O2/c28-26(32)22-6-7-24-23(17-22)18-25(31(24)27(33)21-8-12-29-13-9-21)30-14-10-20(11-15-30)16-19-4-2-1-3-5-19/h1-9,12-13,17-18,20H,10-11,14-16H2,(H2,28,32). The SMILES string of the molecule is NC(=O)c1ccc2c(c1)cc(N1CCC(Cc3ccccc3)CC1)n2C(=O)c1ccncc1. The third-order valence-corrected chi connectivity index (χ3v) is 6.50. The zero-order chi connectivity index (χ0) is 22.8. The monoisotopic (exact) mass is 438 g/mol. The number of anilines is 1. The molecule has 6 heteroatoms. The van der Waals surface area contributed by atoms with Crippen molar-refractivity contribution in [1.82, 2.24) is 9.55 Å². The molecule has 1 saturated heterocycles. The molecule has 6 nitrogen and oxygen atoms in total. The van der Waals surface area contributed by atoms with Crippen molar-refractivity contribution in [2.45, 2.75) is 19.3 Å². The molecule has 166 valence electrons. The van der Waals surface area contributed by atoms with E-state index in [1.165, 1.54) is 5.56 Å². The number of fused-ring (bicyclic) bond motifs is 1. The first-order valence-corrected chi connectivity index (χ1v) is 11.3. The van der Waals surface area contributed by atoms with Gasteiger partial charge in [0.25, 0.3) is 5.91 Å². The van der Waals surface area contributed by atoms with Crippen molar-refractivity contribution in [3.63, 3.8) is 0 Å². The zero-order valence-corrected chi connectivity index (χ0v) is 18.4. The lowest BCUT2D eigenvalue weighted by molar-refractivity contribution is 0.0964. The van der Waals surface area contributed by atoms with Gasteiger partial charge in [0.05, 0.1) is 5.52 Å². The minimum atomic E-state index is -0.478. The number of hydrogen-bond donors (Lipinski definition) is 1. The zero-order valence-electron chi connectivity index (χ0n) is 18.4. The number of hydrogen-bond acceptors (Lipinski definition) is 4. The molecule has 0 unspecified atom stereocenters. The summed E-state index contributed by atoms with van der Waals surface area (Å²) in [5.74, 6) is 0.888. The molecule has 33 heavy (non-hydrogen) atoms. The average molecular weight is 439 g/mol. The van der Waals surface area contributed by atoms with Gasteiger partial charge < -0.3 is 10.6 Å². The number of nitrogens with zero attached hydrogens (tertiary/aromatic N) is 3. The molecule has 2 aromatic carbocycles. The molecule has 4 aromatic rings. The molecule has 0 bridgehead atoms. The highest BCUT2D eigenvalue weighted by Crippen LogP contribution is 2.32. The van der Waals surface area contributed by atoms with E-state index in [1.807, 2.05) is 12.1 Å². The highest BCUT2D eigenvalue weighted by molar-refractivity contribution is 6.07. The maximum absolute atomic E-state index is 13.5. The summed E-state index contributed by atoms with van der Waals surface area (Å²) in [5.41, 5.74) is 8.64. The minimum Gasteiger partial charge on any atom is -0.366 e. The maximum atomic E-state index is 13.5. The number of primary amides is 1. The van der Waals surface area contributed by atoms with Crippen LogP contribution in [0, 0.1) is 5.92 Å². The second-order valence-corrected chi connectivity index (χ2v) is 8.64. The number of aromatic nitrogens is 2. The van der Waals surface area contributed by atoms with Crippen LogP contribution in [0.2, 0.25) is 0 Å². The fraction of sp³-hybridized carbons (Fsp3) is 0.222. The predicted molar refractivity (Wildman–Crippen MR) is 130 cm³/mol. The Kier molecular flexibility index (Phi) is 5.65. The lowest BCUT2D eigenvalue weighted by Gasteiger charge is -2.34. The molecule has 1 aliphatic rings. The van der Waals surface area contributed by atoms with E-state index in [4.69, 9.17) is 5.73 Å². The van der Waals surface area contributed by atoms with E-state index in [2.05, 4.69) is 34.1 Å². The lowest BCUT2D eigenvalue weighted by Crippen LogP contribution is -2.36. The Balaban J connectivity index is 1.47. The van der Waals surface area contributed by atoms with Crippen LogP contribution in [-0.4, -0.2) is 34.5 Å². The average Bonchev–Trinajstić information content (AvgIpc) is 3.24. The molecule has 1 fully saturated rings. The Hall–Kier alpha value is -3.93. The Morgan fingerprint density at radius 3 is 2.33 bits per heavy atom. The predicted octanol–water partition coefficient (Wildman–Crippen LogP) is 4.28. The van der Waals surface area contributed by atoms with Crippen molar-refractivity contribution in [1.29, 1.82) is 0 Å². The van der Waals surface area contributed by atoms with Crippen LogP contribution in [0.25, 0.3) is 10.9 Å². The first-order chi connectivity index (χ1) is 16.1. The van der Waals surface area contributed by atoms with Gasteiger partial charge in [-0.25, -0.2) is 0 Å². The molecule has 0 aliphatic carbocycles. The van der Waals surface area contributed by atoms with Crippen LogP contribution in [-0.2, 0) is 6.42 Å². The summed E-state index contributed by atoms with van der Waals surface area (Å²) in [6.07, 6.45) is 6.45. The normalized spacial score (nSPS) is 14.5. The minimum absolute atomic E-state index is 0.111. The largest absolute Gasteiger partial charge is 0.366 e.